The summed E-state index contributed by atoms with van der Waals surface area (Å²) in [5.41, 5.74) is 0. The van der Waals surface area contributed by atoms with E-state index in [0.717, 1.165) is 148 Å². The molecule has 0 heterocycles. The van der Waals surface area contributed by atoms with Gasteiger partial charge in [-0.2, -0.15) is 0 Å². The molecule has 0 spiro atoms. The number of likely N-dealkylation sites (N-methyl/N-ethyl adjacent to an activating group) is 1. The van der Waals surface area contributed by atoms with E-state index in [1.54, 1.807) is 0 Å². The van der Waals surface area contributed by atoms with Crippen LogP contribution in [0.15, 0.2) is 170 Å². The first-order chi connectivity index (χ1) is 39.0. The number of quaternary nitrogens is 1. The normalized spacial score (nSPS) is 14.4. The number of hydrogen-bond donors (Lipinski definition) is 1. The van der Waals surface area contributed by atoms with Gasteiger partial charge in [-0.1, -0.05) is 235 Å². The van der Waals surface area contributed by atoms with Crippen LogP contribution in [0.3, 0.4) is 0 Å². The predicted molar refractivity (Wildman–Crippen MR) is 343 cm³/mol. The van der Waals surface area contributed by atoms with Crippen LogP contribution in [-0.4, -0.2) is 74.9 Å². The van der Waals surface area contributed by atoms with Crippen molar-refractivity contribution in [1.82, 2.24) is 0 Å². The highest BCUT2D eigenvalue weighted by Gasteiger charge is 2.27. The maximum atomic E-state index is 12.8. The van der Waals surface area contributed by atoms with Gasteiger partial charge in [0, 0.05) is 12.8 Å². The largest absolute Gasteiger partial charge is 0.472 e. The van der Waals surface area contributed by atoms with Crippen molar-refractivity contribution in [2.45, 2.75) is 213 Å². The summed E-state index contributed by atoms with van der Waals surface area (Å²) in [6.45, 7) is 4.14. The van der Waals surface area contributed by atoms with Crippen LogP contribution in [0, 0.1) is 0 Å². The van der Waals surface area contributed by atoms with E-state index in [1.165, 1.54) is 19.3 Å². The fourth-order valence-electron chi connectivity index (χ4n) is 7.56. The average Bonchev–Trinajstić information content (AvgIpc) is 3.42. The summed E-state index contributed by atoms with van der Waals surface area (Å²) in [4.78, 5) is 35.8. The number of nitrogens with zero attached hydrogens (tertiary/aromatic N) is 1. The average molecular weight is 1130 g/mol. The Morgan fingerprint density at radius 2 is 0.675 bits per heavy atom. The molecule has 0 radical (unpaired) electrons. The van der Waals surface area contributed by atoms with E-state index in [2.05, 4.69) is 184 Å². The summed E-state index contributed by atoms with van der Waals surface area (Å²) in [7, 11) is 1.43. The van der Waals surface area contributed by atoms with Gasteiger partial charge in [-0.3, -0.25) is 18.6 Å². The van der Waals surface area contributed by atoms with Crippen LogP contribution in [0.5, 0.6) is 0 Å². The highest BCUT2D eigenvalue weighted by molar-refractivity contribution is 7.47. The van der Waals surface area contributed by atoms with Gasteiger partial charge in [0.05, 0.1) is 27.7 Å². The highest BCUT2D eigenvalue weighted by Crippen LogP contribution is 2.43. The molecule has 9 nitrogen and oxygen atoms in total. The van der Waals surface area contributed by atoms with Crippen molar-refractivity contribution in [3.8, 4) is 0 Å². The highest BCUT2D eigenvalue weighted by atomic mass is 31.2. The van der Waals surface area contributed by atoms with E-state index in [9.17, 15) is 19.0 Å². The molecule has 0 saturated carbocycles. The zero-order valence-electron chi connectivity index (χ0n) is 51.0. The number of ether oxygens (including phenoxy) is 2. The van der Waals surface area contributed by atoms with Crippen molar-refractivity contribution in [2.75, 3.05) is 47.5 Å². The van der Waals surface area contributed by atoms with Gasteiger partial charge in [0.1, 0.15) is 19.8 Å². The van der Waals surface area contributed by atoms with E-state index in [0.29, 0.717) is 23.9 Å². The summed E-state index contributed by atoms with van der Waals surface area (Å²) < 4.78 is 34.6. The van der Waals surface area contributed by atoms with Gasteiger partial charge in [-0.05, 0) is 128 Å². The molecule has 1 N–H and O–H groups in total. The maximum absolute atomic E-state index is 12.8. The number of allylic oxidation sites excluding steroid dienone is 28. The van der Waals surface area contributed by atoms with Crippen LogP contribution in [-0.2, 0) is 32.7 Å². The van der Waals surface area contributed by atoms with Crippen LogP contribution >= 0.6 is 7.82 Å². The predicted octanol–water partition coefficient (Wildman–Crippen LogP) is 19.8. The minimum absolute atomic E-state index is 0.0151. The molecule has 2 atom stereocenters. The van der Waals surface area contributed by atoms with Crippen LogP contribution in [0.1, 0.15) is 206 Å². The lowest BCUT2D eigenvalue weighted by Crippen LogP contribution is -2.37. The van der Waals surface area contributed by atoms with Gasteiger partial charge in [0.25, 0.3) is 0 Å². The Morgan fingerprint density at radius 3 is 1.00 bits per heavy atom. The minimum atomic E-state index is -4.41. The molecule has 0 aliphatic carbocycles. The van der Waals surface area contributed by atoms with Gasteiger partial charge in [0.15, 0.2) is 6.10 Å². The molecular formula is C70H113NO8P+. The number of phosphoric ester groups is 1. The fraction of sp³-hybridized carbons (Fsp3) is 0.571. The third kappa shape index (κ3) is 62.6. The number of carbonyl (C=O) groups excluding carboxylic acids is 2. The second-order valence-corrected chi connectivity index (χ2v) is 22.4. The van der Waals surface area contributed by atoms with Crippen LogP contribution in [0.2, 0.25) is 0 Å². The van der Waals surface area contributed by atoms with Gasteiger partial charge in [-0.15, -0.1) is 0 Å². The summed E-state index contributed by atoms with van der Waals surface area (Å²) in [6, 6.07) is 0. The first-order valence-electron chi connectivity index (χ1n) is 30.9. The summed E-state index contributed by atoms with van der Waals surface area (Å²) in [5, 5.41) is 0. The van der Waals surface area contributed by atoms with Crippen LogP contribution in [0.25, 0.3) is 0 Å². The van der Waals surface area contributed by atoms with Crippen molar-refractivity contribution in [3.63, 3.8) is 0 Å². The van der Waals surface area contributed by atoms with Crippen molar-refractivity contribution in [2.24, 2.45) is 0 Å². The molecule has 80 heavy (non-hydrogen) atoms. The Kier molecular flexibility index (Phi) is 55.6. The lowest BCUT2D eigenvalue weighted by molar-refractivity contribution is -0.870. The van der Waals surface area contributed by atoms with E-state index in [4.69, 9.17) is 18.5 Å². The van der Waals surface area contributed by atoms with Crippen molar-refractivity contribution < 1.29 is 42.1 Å². The zero-order chi connectivity index (χ0) is 58.4. The molecule has 0 aromatic heterocycles. The fourth-order valence-corrected chi connectivity index (χ4v) is 8.30. The molecule has 0 rings (SSSR count). The number of hydrogen-bond acceptors (Lipinski definition) is 7. The standard InChI is InChI=1S/C70H112NO8P/c1-6-8-10-12-14-16-18-20-22-24-26-28-30-32-34-35-37-39-41-43-45-47-49-51-53-55-57-59-61-63-70(73)79-68(67-78-80(74,75)77-65-64-71(3,4)5)66-76-69(72)62-60-58-56-54-52-50-48-46-44-42-40-38-36-33-31-29-27-25-23-21-19-17-15-13-11-9-7-2/h8-11,14-17,20-23,26-29,32-34,36-37,39-40,42-43,45-46,48,68H,6-7,12-13,18-19,24-25,30-31,35,38,41,44,47,49-67H2,1-5H3/p+1/b10-8-,11-9-,16-14-,17-15-,22-20-,23-21-,28-26-,29-27-,34-32-,36-33-,39-37-,42-40-,45-43-,48-46-. The number of unbranched alkanes of at least 4 members (excludes halogenated alkanes) is 12. The monoisotopic (exact) mass is 1130 g/mol. The summed E-state index contributed by atoms with van der Waals surface area (Å²) in [5.74, 6) is -0.848. The molecule has 0 saturated heterocycles. The Labute approximate surface area is 489 Å². The lowest BCUT2D eigenvalue weighted by atomic mass is 10.1. The molecule has 2 unspecified atom stereocenters. The number of esters is 2. The first-order valence-corrected chi connectivity index (χ1v) is 32.4. The molecule has 0 aromatic carbocycles. The van der Waals surface area contributed by atoms with Gasteiger partial charge < -0.3 is 18.9 Å². The van der Waals surface area contributed by atoms with Crippen LogP contribution < -0.4 is 0 Å². The summed E-state index contributed by atoms with van der Waals surface area (Å²) in [6.07, 6.45) is 89.9. The van der Waals surface area contributed by atoms with E-state index < -0.39 is 32.5 Å². The SMILES string of the molecule is CC/C=C\C/C=C\C/C=C\C/C=C\C/C=C\C/C=C\C/C=C\CCCCCCCCCC(=O)OC(COC(=O)CCCCCCC/C=C\C/C=C\C/C=C\C/C=C\C/C=C\C/C=C\C/C=C\CC)COP(=O)(O)OCC[N+](C)(C)C. The molecule has 0 fully saturated rings. The van der Waals surface area contributed by atoms with E-state index in [1.807, 2.05) is 21.1 Å². The molecule has 0 bridgehead atoms. The second-order valence-electron chi connectivity index (χ2n) is 21.0. The van der Waals surface area contributed by atoms with Gasteiger partial charge in [-0.25, -0.2) is 4.57 Å². The Morgan fingerprint density at radius 1 is 0.388 bits per heavy atom. The Balaban J connectivity index is 4.28. The Bertz CT molecular complexity index is 1950. The topological polar surface area (TPSA) is 108 Å². The molecular weight excluding hydrogens is 1010 g/mol. The quantitative estimate of drug-likeness (QED) is 0.0211. The number of phosphoric acid groups is 1. The van der Waals surface area contributed by atoms with Gasteiger partial charge in [0.2, 0.25) is 0 Å². The van der Waals surface area contributed by atoms with Crippen molar-refractivity contribution in [1.29, 1.82) is 0 Å². The van der Waals surface area contributed by atoms with Crippen molar-refractivity contribution in [3.05, 3.63) is 170 Å². The third-order valence-electron chi connectivity index (χ3n) is 12.2. The van der Waals surface area contributed by atoms with E-state index in [-0.39, 0.29) is 26.1 Å². The van der Waals surface area contributed by atoms with Crippen molar-refractivity contribution >= 4 is 19.8 Å². The maximum Gasteiger partial charge on any atom is 0.472 e. The molecule has 0 aliphatic heterocycles. The third-order valence-corrected chi connectivity index (χ3v) is 13.2. The first kappa shape index (κ1) is 75.4. The molecule has 0 aliphatic rings. The van der Waals surface area contributed by atoms with Crippen LogP contribution in [0.4, 0.5) is 0 Å². The smallest absolute Gasteiger partial charge is 0.462 e. The summed E-state index contributed by atoms with van der Waals surface area (Å²) >= 11 is 0. The molecule has 0 amide bonds. The van der Waals surface area contributed by atoms with E-state index >= 15 is 0 Å². The molecule has 450 valence electrons. The molecule has 10 heteroatoms. The van der Waals surface area contributed by atoms with Gasteiger partial charge >= 0.3 is 19.8 Å². The minimum Gasteiger partial charge on any atom is -0.462 e. The zero-order valence-corrected chi connectivity index (χ0v) is 51.9. The number of rotatable bonds is 54. The molecule has 0 aromatic rings. The number of carbonyl (C=O) groups is 2. The second kappa shape index (κ2) is 59.0. The Hall–Kier alpha value is -4.63. The lowest BCUT2D eigenvalue weighted by Gasteiger charge is -2.24.